The van der Waals surface area contributed by atoms with E-state index in [2.05, 4.69) is 249 Å². The van der Waals surface area contributed by atoms with Gasteiger partial charge in [-0.1, -0.05) is 0 Å². The Morgan fingerprint density at radius 1 is 0.310 bits per heavy atom. The topological polar surface area (TPSA) is 34.2 Å². The van der Waals surface area contributed by atoms with Crippen LogP contribution in [0, 0.1) is 20.8 Å². The molecule has 12 aromatic carbocycles. The van der Waals surface area contributed by atoms with Gasteiger partial charge in [0.25, 0.3) is 0 Å². The molecule has 0 fully saturated rings. The fourth-order valence-electron chi connectivity index (χ4n) is 17.4. The molecule has 0 bridgehead atoms. The Balaban J connectivity index is 0.915. The first-order valence-corrected chi connectivity index (χ1v) is 38.9. The standard InChI is InChI=1S/C71H45N2O.C6H2Cl4O2.Bi/c1-43-32-48-38-49(33-43)73(47-29-31-61-59-21-9-15-27-67(59)71(69(61)42-47)64-24-12-6-18-56(64)57-19-7-13-25-65(57)71)51-35-45(3)37-53(40-51)74-52-36-44(2)34-50(39-52)72(48)46-28-30-60-58-20-8-14-26-66(58)70(68(60)41-46)62-22-10-4-16-54(62)55-17-5-11-23-63(55)70;7-1-2(8)4(10)6(12)5(11)3(1)9;/h4-37,41-42H,1-3H3;11-12H;/q;;+2/p-2. The molecule has 0 saturated carbocycles. The summed E-state index contributed by atoms with van der Waals surface area (Å²) in [6.45, 7) is 6.47. The van der Waals surface area contributed by atoms with Crippen molar-refractivity contribution in [1.29, 1.82) is 0 Å². The molecule has 3 spiro atoms. The molecule has 10 heteroatoms. The van der Waals surface area contributed by atoms with Crippen molar-refractivity contribution in [2.45, 2.75) is 31.6 Å². The van der Waals surface area contributed by atoms with E-state index in [1.807, 2.05) is 0 Å². The van der Waals surface area contributed by atoms with Gasteiger partial charge in [-0.05, 0) is 0 Å². The Morgan fingerprint density at radius 3 is 0.931 bits per heavy atom. The average Bonchev–Trinajstić information content (AvgIpc) is 1.62. The van der Waals surface area contributed by atoms with Gasteiger partial charge >= 0.3 is 529 Å². The van der Waals surface area contributed by atoms with Crippen LogP contribution < -0.4 is 30.0 Å². The number of hydrogen-bond donors (Lipinski definition) is 0. The van der Waals surface area contributed by atoms with Gasteiger partial charge < -0.3 is 0 Å². The van der Waals surface area contributed by atoms with Gasteiger partial charge in [0.05, 0.1) is 0 Å². The van der Waals surface area contributed by atoms with E-state index in [-0.39, 0.29) is 31.6 Å². The zero-order valence-electron chi connectivity index (χ0n) is 46.9. The number of hydrogen-bond acceptors (Lipinski definition) is 5. The average molecular weight is 1400 g/mol. The van der Waals surface area contributed by atoms with Gasteiger partial charge in [0, 0.05) is 0 Å². The molecule has 20 rings (SSSR count). The van der Waals surface area contributed by atoms with Crippen molar-refractivity contribution in [2.75, 3.05) is 9.80 Å². The van der Waals surface area contributed by atoms with Crippen molar-refractivity contribution in [2.24, 2.45) is 0 Å². The molecule has 4 aliphatic carbocycles. The van der Waals surface area contributed by atoms with E-state index in [9.17, 15) is 0 Å². The number of rotatable bonds is 2. The molecule has 0 radical (unpaired) electrons. The zero-order chi connectivity index (χ0) is 58.0. The van der Waals surface area contributed by atoms with Crippen LogP contribution in [-0.2, 0) is 10.8 Å². The Labute approximate surface area is 524 Å². The molecule has 8 aliphatic rings. The monoisotopic (exact) mass is 1390 g/mol. The summed E-state index contributed by atoms with van der Waals surface area (Å²) in [4.78, 5) is 4.91. The van der Waals surface area contributed by atoms with Gasteiger partial charge in [-0.15, -0.1) is 0 Å². The van der Waals surface area contributed by atoms with Gasteiger partial charge in [0.2, 0.25) is 0 Å². The van der Waals surface area contributed by atoms with Crippen molar-refractivity contribution in [3.8, 4) is 67.5 Å². The van der Waals surface area contributed by atoms with Gasteiger partial charge in [-0.25, -0.2) is 0 Å². The molecule has 12 aromatic rings. The molecule has 4 heterocycles. The second-order valence-electron chi connectivity index (χ2n) is 24.5. The normalized spacial score (nSPS) is 16.9. The van der Waals surface area contributed by atoms with Crippen LogP contribution in [0.4, 0.5) is 34.1 Å². The van der Waals surface area contributed by atoms with E-state index in [0.29, 0.717) is 11.5 Å². The predicted molar refractivity (Wildman–Crippen MR) is 355 cm³/mol. The Hall–Kier alpha value is -8.32. The molecule has 0 unspecified atom stereocenters. The Bertz CT molecular complexity index is 4880. The van der Waals surface area contributed by atoms with E-state index >= 15 is 0 Å². The fourth-order valence-corrected chi connectivity index (χ4v) is 40.7. The van der Waals surface area contributed by atoms with Crippen LogP contribution >= 0.6 is 46.4 Å². The van der Waals surface area contributed by atoms with Gasteiger partial charge in [0.15, 0.2) is 0 Å². The molecule has 0 atom stereocenters. The molecule has 87 heavy (non-hydrogen) atoms. The number of ether oxygens (including phenoxy) is 1. The molecule has 0 saturated heterocycles. The van der Waals surface area contributed by atoms with E-state index in [0.717, 1.165) is 60.6 Å². The quantitative estimate of drug-likeness (QED) is 0.0979. The van der Waals surface area contributed by atoms with Crippen molar-refractivity contribution >= 4 is 110 Å². The third-order valence-electron chi connectivity index (χ3n) is 20.2. The molecule has 414 valence electrons. The summed E-state index contributed by atoms with van der Waals surface area (Å²) in [5.74, 6) is 1.83. The summed E-state index contributed by atoms with van der Waals surface area (Å²) < 4.78 is 26.7. The van der Waals surface area contributed by atoms with Crippen LogP contribution in [-0.4, -0.2) is 19.7 Å². The Kier molecular flexibility index (Phi) is 9.40. The van der Waals surface area contributed by atoms with Crippen molar-refractivity contribution in [1.82, 2.24) is 0 Å². The van der Waals surface area contributed by atoms with Crippen LogP contribution in [0.1, 0.15) is 61.2 Å². The molecule has 5 nitrogen and oxygen atoms in total. The number of aryl methyl sites for hydroxylation is 3. The first kappa shape index (κ1) is 49.8. The van der Waals surface area contributed by atoms with Gasteiger partial charge in [-0.2, -0.15) is 0 Å². The number of benzene rings is 12. The van der Waals surface area contributed by atoms with E-state index in [1.165, 1.54) is 89.0 Å². The first-order chi connectivity index (χ1) is 42.5. The molecule has 0 aromatic heterocycles. The van der Waals surface area contributed by atoms with E-state index in [1.54, 1.807) is 0 Å². The van der Waals surface area contributed by atoms with E-state index in [4.69, 9.17) is 56.8 Å². The number of anilines is 6. The van der Waals surface area contributed by atoms with Crippen LogP contribution in [0.2, 0.25) is 20.1 Å². The molecular weight excluding hydrogens is 1350 g/mol. The maximum absolute atomic E-state index is 8.28. The number of halogens is 4. The van der Waals surface area contributed by atoms with Crippen molar-refractivity contribution in [3.05, 3.63) is 300 Å². The summed E-state index contributed by atoms with van der Waals surface area (Å²) in [6.07, 6.45) is 0. The first-order valence-electron chi connectivity index (χ1n) is 29.4. The second-order valence-corrected chi connectivity index (χ2v) is 40.1. The Morgan fingerprint density at radius 2 is 0.598 bits per heavy atom. The molecule has 0 amide bonds. The van der Waals surface area contributed by atoms with Gasteiger partial charge in [-0.3, -0.25) is 0 Å². The number of nitrogens with zero attached hydrogens (tertiary/aromatic N) is 2. The molecule has 0 N–H and O–H groups in total. The van der Waals surface area contributed by atoms with Crippen LogP contribution in [0.5, 0.6) is 23.0 Å². The zero-order valence-corrected chi connectivity index (χ0v) is 53.4. The van der Waals surface area contributed by atoms with Crippen LogP contribution in [0.15, 0.2) is 218 Å². The van der Waals surface area contributed by atoms with Crippen molar-refractivity contribution in [3.63, 3.8) is 0 Å². The molecule has 4 aliphatic heterocycles. The van der Waals surface area contributed by atoms with Crippen molar-refractivity contribution < 1.29 is 10.4 Å². The summed E-state index contributed by atoms with van der Waals surface area (Å²) >= 11 is 22.6. The number of fused-ring (bicyclic) bond motifs is 21. The summed E-state index contributed by atoms with van der Waals surface area (Å²) in [6, 6.07) is 81.5. The molecular formula is C77H45BiCl4N2O3. The third-order valence-corrected chi connectivity index (χ3v) is 40.9. The summed E-state index contributed by atoms with van der Waals surface area (Å²) in [5.41, 5.74) is 27.3. The fraction of sp³-hybridized carbons (Fsp3) is 0.0649. The van der Waals surface area contributed by atoms with Crippen LogP contribution in [0.3, 0.4) is 0 Å². The van der Waals surface area contributed by atoms with Gasteiger partial charge in [0.1, 0.15) is 0 Å². The predicted octanol–water partition coefficient (Wildman–Crippen LogP) is 19.5. The summed E-state index contributed by atoms with van der Waals surface area (Å²) in [7, 11) is 0. The minimum atomic E-state index is -6.67. The maximum atomic E-state index is 8.28. The minimum absolute atomic E-state index is 0.0959. The second kappa shape index (κ2) is 16.4. The third kappa shape index (κ3) is 5.53. The van der Waals surface area contributed by atoms with E-state index < -0.39 is 30.5 Å². The summed E-state index contributed by atoms with van der Waals surface area (Å²) in [5, 5.41) is 0.466. The SMILES string of the molecule is Cc1cc2[c]3c(c1)N(c1ccc4c(c1)C1(c5ccccc5-c5ccccc51)c1ccccc1-4)c1cc(C)cc4[c]1[Bi]31([O]c3c(Cl)c(Cl)c(Cl)c(Cl)c3[O]1)[c]1c(cc(C)cc1N4c1ccc3c(c1)C1(c4ccccc4-c4ccccc41)c1ccccc1-3)O2. The van der Waals surface area contributed by atoms with Crippen LogP contribution in [0.25, 0.3) is 44.5 Å².